The van der Waals surface area contributed by atoms with Crippen molar-refractivity contribution in [3.05, 3.63) is 54.1 Å². The number of methoxy groups -OCH3 is 1. The van der Waals surface area contributed by atoms with Gasteiger partial charge in [0.15, 0.2) is 0 Å². The van der Waals surface area contributed by atoms with Gasteiger partial charge >= 0.3 is 0 Å². The Labute approximate surface area is 166 Å². The van der Waals surface area contributed by atoms with Crippen LogP contribution in [0.1, 0.15) is 23.2 Å². The number of benzene rings is 2. The highest BCUT2D eigenvalue weighted by Gasteiger charge is 2.18. The highest BCUT2D eigenvalue weighted by atomic mass is 35.5. The molecule has 0 saturated carbocycles. The molecule has 0 aromatic heterocycles. The van der Waals surface area contributed by atoms with Gasteiger partial charge < -0.3 is 10.1 Å². The Morgan fingerprint density at radius 2 is 1.77 bits per heavy atom. The summed E-state index contributed by atoms with van der Waals surface area (Å²) in [7, 11) is 1.62. The minimum atomic E-state index is -0.241. The SMILES string of the molecule is COc1ccc(C(=O)NOC2CCNCC2)c(-c2ccccc2)c1.Cl.Cl. The molecular weight excluding hydrogens is 375 g/mol. The number of carbonyl (C=O) groups is 1. The van der Waals surface area contributed by atoms with Crippen LogP contribution in [-0.2, 0) is 4.84 Å². The second-order valence-corrected chi connectivity index (χ2v) is 5.78. The summed E-state index contributed by atoms with van der Waals surface area (Å²) in [5, 5.41) is 3.27. The lowest BCUT2D eigenvalue weighted by Gasteiger charge is -2.22. The van der Waals surface area contributed by atoms with E-state index in [2.05, 4.69) is 10.8 Å². The zero-order valence-corrected chi connectivity index (χ0v) is 16.2. The number of halogens is 2. The predicted molar refractivity (Wildman–Crippen MR) is 107 cm³/mol. The molecule has 1 fully saturated rings. The van der Waals surface area contributed by atoms with Crippen LogP contribution in [-0.4, -0.2) is 32.2 Å². The van der Waals surface area contributed by atoms with Gasteiger partial charge in [0.05, 0.1) is 13.2 Å². The van der Waals surface area contributed by atoms with Crippen LogP contribution in [0.4, 0.5) is 0 Å². The van der Waals surface area contributed by atoms with Gasteiger partial charge in [-0.25, -0.2) is 5.48 Å². The van der Waals surface area contributed by atoms with Crippen molar-refractivity contribution in [3.63, 3.8) is 0 Å². The molecular formula is C19H24Cl2N2O3. The van der Waals surface area contributed by atoms with Crippen molar-refractivity contribution in [2.45, 2.75) is 18.9 Å². The Kier molecular flexibility index (Phi) is 9.44. The third-order valence-corrected chi connectivity index (χ3v) is 4.16. The van der Waals surface area contributed by atoms with Gasteiger partial charge in [-0.05, 0) is 55.3 Å². The van der Waals surface area contributed by atoms with Crippen molar-refractivity contribution in [2.75, 3.05) is 20.2 Å². The van der Waals surface area contributed by atoms with Crippen molar-refractivity contribution < 1.29 is 14.4 Å². The van der Waals surface area contributed by atoms with Gasteiger partial charge in [0.2, 0.25) is 0 Å². The fourth-order valence-electron chi connectivity index (χ4n) is 2.81. The van der Waals surface area contributed by atoms with Gasteiger partial charge in [-0.2, -0.15) is 0 Å². The highest BCUT2D eigenvalue weighted by Crippen LogP contribution is 2.28. The Morgan fingerprint density at radius 1 is 1.08 bits per heavy atom. The smallest absolute Gasteiger partial charge is 0.275 e. The van der Waals surface area contributed by atoms with Crippen LogP contribution in [0.15, 0.2) is 48.5 Å². The lowest BCUT2D eigenvalue weighted by atomic mass is 9.99. The molecule has 5 nitrogen and oxygen atoms in total. The Morgan fingerprint density at radius 3 is 2.42 bits per heavy atom. The molecule has 1 saturated heterocycles. The Balaban J connectivity index is 0.00000169. The number of nitrogens with one attached hydrogen (secondary N) is 2. The van der Waals surface area contributed by atoms with Crippen molar-refractivity contribution in [2.24, 2.45) is 0 Å². The van der Waals surface area contributed by atoms with E-state index >= 15 is 0 Å². The number of hydroxylamine groups is 1. The van der Waals surface area contributed by atoms with Crippen molar-refractivity contribution in [1.29, 1.82) is 0 Å². The number of hydrogen-bond acceptors (Lipinski definition) is 4. The molecule has 0 radical (unpaired) electrons. The molecule has 1 aliphatic rings. The van der Waals surface area contributed by atoms with Gasteiger partial charge in [0.1, 0.15) is 5.75 Å². The van der Waals surface area contributed by atoms with Crippen molar-refractivity contribution in [3.8, 4) is 16.9 Å². The van der Waals surface area contributed by atoms with Crippen LogP contribution in [0.3, 0.4) is 0 Å². The highest BCUT2D eigenvalue weighted by molar-refractivity contribution is 6.00. The Bertz CT molecular complexity index is 692. The first-order chi connectivity index (χ1) is 11.8. The third kappa shape index (κ3) is 5.61. The molecule has 7 heteroatoms. The van der Waals surface area contributed by atoms with E-state index in [0.717, 1.165) is 37.1 Å². The average Bonchev–Trinajstić information content (AvgIpc) is 2.67. The number of rotatable bonds is 5. The number of carbonyl (C=O) groups excluding carboxylic acids is 1. The minimum absolute atomic E-state index is 0. The largest absolute Gasteiger partial charge is 0.497 e. The van der Waals surface area contributed by atoms with Crippen LogP contribution in [0.2, 0.25) is 0 Å². The van der Waals surface area contributed by atoms with Crippen LogP contribution in [0.25, 0.3) is 11.1 Å². The zero-order chi connectivity index (χ0) is 16.8. The van der Waals surface area contributed by atoms with Crippen molar-refractivity contribution in [1.82, 2.24) is 10.8 Å². The summed E-state index contributed by atoms with van der Waals surface area (Å²) in [6, 6.07) is 15.2. The van der Waals surface area contributed by atoms with Gasteiger partial charge in [-0.1, -0.05) is 30.3 Å². The quantitative estimate of drug-likeness (QED) is 0.755. The van der Waals surface area contributed by atoms with E-state index in [9.17, 15) is 4.79 Å². The lowest BCUT2D eigenvalue weighted by Crippen LogP contribution is -2.37. The fraction of sp³-hybridized carbons (Fsp3) is 0.316. The predicted octanol–water partition coefficient (Wildman–Crippen LogP) is 3.62. The van der Waals surface area contributed by atoms with Crippen LogP contribution < -0.4 is 15.5 Å². The first-order valence-electron chi connectivity index (χ1n) is 8.18. The molecule has 1 aliphatic heterocycles. The normalized spacial score (nSPS) is 13.9. The third-order valence-electron chi connectivity index (χ3n) is 4.16. The molecule has 0 aliphatic carbocycles. The van der Waals surface area contributed by atoms with Crippen LogP contribution in [0, 0.1) is 0 Å². The maximum atomic E-state index is 12.6. The number of piperidine rings is 1. The van der Waals surface area contributed by atoms with Gasteiger partial charge in [-0.3, -0.25) is 9.63 Å². The summed E-state index contributed by atoms with van der Waals surface area (Å²) in [6.07, 6.45) is 1.86. The molecule has 2 aromatic carbocycles. The molecule has 2 aromatic rings. The average molecular weight is 399 g/mol. The standard InChI is InChI=1S/C19H22N2O3.2ClH/c1-23-16-7-8-17(18(13-16)14-5-3-2-4-6-14)19(22)21-24-15-9-11-20-12-10-15;;/h2-8,13,15,20H,9-12H2,1H3,(H,21,22);2*1H. The van der Waals surface area contributed by atoms with Crippen LogP contribution >= 0.6 is 24.8 Å². The van der Waals surface area contributed by atoms with E-state index in [0.29, 0.717) is 11.3 Å². The first kappa shape index (κ1) is 22.3. The minimum Gasteiger partial charge on any atom is -0.497 e. The van der Waals surface area contributed by atoms with E-state index < -0.39 is 0 Å². The molecule has 26 heavy (non-hydrogen) atoms. The van der Waals surface area contributed by atoms with E-state index in [4.69, 9.17) is 9.57 Å². The van der Waals surface area contributed by atoms with Crippen LogP contribution in [0.5, 0.6) is 5.75 Å². The maximum Gasteiger partial charge on any atom is 0.275 e. The van der Waals surface area contributed by atoms with E-state index in [1.165, 1.54) is 0 Å². The summed E-state index contributed by atoms with van der Waals surface area (Å²) >= 11 is 0. The number of amides is 1. The second kappa shape index (κ2) is 11.0. The molecule has 1 amide bonds. The van der Waals surface area contributed by atoms with Crippen molar-refractivity contribution >= 4 is 30.7 Å². The first-order valence-corrected chi connectivity index (χ1v) is 8.18. The molecule has 142 valence electrons. The molecule has 2 N–H and O–H groups in total. The number of ether oxygens (including phenoxy) is 1. The maximum absolute atomic E-state index is 12.6. The number of hydrogen-bond donors (Lipinski definition) is 2. The van der Waals surface area contributed by atoms with E-state index in [1.54, 1.807) is 19.2 Å². The molecule has 3 rings (SSSR count). The van der Waals surface area contributed by atoms with E-state index in [1.807, 2.05) is 36.4 Å². The van der Waals surface area contributed by atoms with Gasteiger partial charge in [-0.15, -0.1) is 24.8 Å². The summed E-state index contributed by atoms with van der Waals surface area (Å²) in [4.78, 5) is 18.2. The summed E-state index contributed by atoms with van der Waals surface area (Å²) in [5.74, 6) is 0.472. The molecule has 0 unspecified atom stereocenters. The lowest BCUT2D eigenvalue weighted by molar-refractivity contribution is -0.0282. The molecule has 0 bridgehead atoms. The molecule has 1 heterocycles. The Hall–Kier alpha value is -1.79. The zero-order valence-electron chi connectivity index (χ0n) is 14.6. The summed E-state index contributed by atoms with van der Waals surface area (Å²) in [5.41, 5.74) is 4.96. The van der Waals surface area contributed by atoms with E-state index in [-0.39, 0.29) is 36.8 Å². The summed E-state index contributed by atoms with van der Waals surface area (Å²) < 4.78 is 5.30. The molecule has 0 spiro atoms. The monoisotopic (exact) mass is 398 g/mol. The summed E-state index contributed by atoms with van der Waals surface area (Å²) in [6.45, 7) is 1.83. The fourth-order valence-corrected chi connectivity index (χ4v) is 2.81. The second-order valence-electron chi connectivity index (χ2n) is 5.78. The van der Waals surface area contributed by atoms with Gasteiger partial charge in [0, 0.05) is 5.56 Å². The molecule has 0 atom stereocenters. The topological polar surface area (TPSA) is 59.6 Å². The van der Waals surface area contributed by atoms with Gasteiger partial charge in [0.25, 0.3) is 5.91 Å².